The van der Waals surface area contributed by atoms with Crippen molar-refractivity contribution in [1.82, 2.24) is 19.5 Å². The fraction of sp³-hybridized carbons (Fsp3) is 0.545. The molecule has 0 saturated carbocycles. The minimum Gasteiger partial charge on any atom is -0.387 e. The molecule has 194 valence electrons. The van der Waals surface area contributed by atoms with E-state index in [9.17, 15) is 32.9 Å². The Kier molecular flexibility index (Phi) is 8.52. The summed E-state index contributed by atoms with van der Waals surface area (Å²) in [5.74, 6) is -3.93. The third-order valence-corrected chi connectivity index (χ3v) is 7.47. The van der Waals surface area contributed by atoms with E-state index in [4.69, 9.17) is 25.2 Å². The lowest BCUT2D eigenvalue weighted by atomic mass is 10.2. The summed E-state index contributed by atoms with van der Waals surface area (Å²) in [6, 6.07) is 0. The lowest BCUT2D eigenvalue weighted by Gasteiger charge is -2.32. The Hall–Kier alpha value is -1.66. The molecule has 2 aromatic heterocycles. The molecule has 0 spiro atoms. The maximum absolute atomic E-state index is 15.3. The van der Waals surface area contributed by atoms with E-state index >= 15 is 4.39 Å². The number of nitrogens with one attached hydrogen (secondary N) is 1. The fourth-order valence-electron chi connectivity index (χ4n) is 2.27. The van der Waals surface area contributed by atoms with E-state index in [1.165, 1.54) is 0 Å². The number of nitrogen functional groups attached to an aromatic ring is 1. The van der Waals surface area contributed by atoms with Crippen molar-refractivity contribution < 1.29 is 65.0 Å². The van der Waals surface area contributed by atoms with Crippen LogP contribution in [-0.2, 0) is 31.6 Å². The average Bonchev–Trinajstić information content (AvgIpc) is 3.05. The van der Waals surface area contributed by atoms with Crippen LogP contribution in [0.2, 0.25) is 0 Å². The van der Waals surface area contributed by atoms with Crippen LogP contribution in [0.25, 0.3) is 11.2 Å². The molecule has 34 heavy (non-hydrogen) atoms. The van der Waals surface area contributed by atoms with Crippen LogP contribution < -0.4 is 11.3 Å². The number of H-pyrrole nitrogens is 1. The third-order valence-electron chi connectivity index (χ3n) is 3.69. The first-order valence-corrected chi connectivity index (χ1v) is 13.0. The number of rotatable bonds is 12. The Morgan fingerprint density at radius 3 is 2.38 bits per heavy atom. The molecule has 0 fully saturated rings. The van der Waals surface area contributed by atoms with E-state index in [0.29, 0.717) is 4.57 Å². The highest BCUT2D eigenvalue weighted by atomic mass is 31.3. The number of aromatic nitrogens is 4. The summed E-state index contributed by atoms with van der Waals surface area (Å²) in [4.78, 5) is 56.8. The molecular weight excluding hydrogens is 541 g/mol. The molecule has 0 aromatic carbocycles. The van der Waals surface area contributed by atoms with Crippen molar-refractivity contribution in [3.63, 3.8) is 0 Å². The van der Waals surface area contributed by atoms with E-state index in [1.54, 1.807) is 0 Å². The Morgan fingerprint density at radius 2 is 1.85 bits per heavy atom. The van der Waals surface area contributed by atoms with Gasteiger partial charge in [-0.1, -0.05) is 0 Å². The smallest absolute Gasteiger partial charge is 0.387 e. The number of aromatic amines is 1. The molecule has 0 saturated heterocycles. The normalized spacial score (nSPS) is 19.8. The first kappa shape index (κ1) is 28.6. The second-order valence-corrected chi connectivity index (χ2v) is 10.7. The van der Waals surface area contributed by atoms with E-state index in [1.807, 2.05) is 0 Å². The van der Waals surface area contributed by atoms with Gasteiger partial charge in [-0.05, 0) is 6.92 Å². The molecule has 8 N–H and O–H groups in total. The quantitative estimate of drug-likeness (QED) is 0.163. The fourth-order valence-corrected chi connectivity index (χ4v) is 5.30. The molecule has 2 rings (SSSR count). The van der Waals surface area contributed by atoms with Gasteiger partial charge in [-0.2, -0.15) is 13.6 Å². The molecule has 2 heterocycles. The molecule has 0 radical (unpaired) electrons. The van der Waals surface area contributed by atoms with Crippen LogP contribution in [0.3, 0.4) is 0 Å². The largest absolute Gasteiger partial charge is 0.490 e. The highest BCUT2D eigenvalue weighted by Crippen LogP contribution is 2.66. The van der Waals surface area contributed by atoms with Gasteiger partial charge in [-0.15, -0.1) is 0 Å². The molecular formula is C11H18F2N5O13P3. The van der Waals surface area contributed by atoms with Crippen LogP contribution in [-0.4, -0.2) is 69.4 Å². The van der Waals surface area contributed by atoms with Gasteiger partial charge in [0.2, 0.25) is 5.95 Å². The Morgan fingerprint density at radius 1 is 1.24 bits per heavy atom. The predicted octanol–water partition coefficient (Wildman–Crippen LogP) is -0.424. The number of halogens is 2. The van der Waals surface area contributed by atoms with Crippen LogP contribution in [0, 0.1) is 0 Å². The number of ether oxygens (including phenoxy) is 1. The maximum Gasteiger partial charge on any atom is 0.490 e. The van der Waals surface area contributed by atoms with Crippen molar-refractivity contribution in [2.45, 2.75) is 25.1 Å². The summed E-state index contributed by atoms with van der Waals surface area (Å²) < 4.78 is 79.3. The van der Waals surface area contributed by atoms with Gasteiger partial charge >= 0.3 is 23.5 Å². The molecule has 2 unspecified atom stereocenters. The lowest BCUT2D eigenvalue weighted by Crippen LogP contribution is -2.45. The second-order valence-electron chi connectivity index (χ2n) is 6.33. The van der Waals surface area contributed by atoms with Crippen molar-refractivity contribution in [3.8, 4) is 0 Å². The Balaban J connectivity index is 2.26. The van der Waals surface area contributed by atoms with E-state index in [-0.39, 0.29) is 11.2 Å². The van der Waals surface area contributed by atoms with Gasteiger partial charge in [-0.3, -0.25) is 18.9 Å². The number of hydrogen-bond acceptors (Lipinski definition) is 12. The number of hydrogen-bond donors (Lipinski definition) is 7. The van der Waals surface area contributed by atoms with Crippen molar-refractivity contribution in [3.05, 3.63) is 16.7 Å². The Labute approximate surface area is 186 Å². The van der Waals surface area contributed by atoms with Crippen molar-refractivity contribution in [2.75, 3.05) is 19.0 Å². The first-order chi connectivity index (χ1) is 15.4. The maximum atomic E-state index is 15.3. The molecule has 18 nitrogen and oxygen atoms in total. The second kappa shape index (κ2) is 10.1. The van der Waals surface area contributed by atoms with Crippen molar-refractivity contribution >= 4 is 40.6 Å². The zero-order chi connectivity index (χ0) is 26.1. The van der Waals surface area contributed by atoms with Crippen LogP contribution in [0.4, 0.5) is 14.7 Å². The summed E-state index contributed by atoms with van der Waals surface area (Å²) in [6.45, 7) is -2.54. The van der Waals surface area contributed by atoms with Crippen molar-refractivity contribution in [2.24, 2.45) is 0 Å². The standard InChI is InChI=1S/C11H18F2N5O13P3/c1-5(19)11(13,3-28-33(24,25)31-34(26,27)30-32(21,22)23)29-6(2-12)18-4-15-7-8(18)16-10(14)17-9(7)20/h4-6,19H,2-3H2,1H3,(H,24,25)(H,26,27)(H2,21,22,23)(H3,14,16,17,20)/t5-,6+,11+/m0/s1. The highest BCUT2D eigenvalue weighted by molar-refractivity contribution is 7.66. The van der Waals surface area contributed by atoms with E-state index in [0.717, 1.165) is 13.3 Å². The van der Waals surface area contributed by atoms with Gasteiger partial charge in [0.1, 0.15) is 19.4 Å². The summed E-state index contributed by atoms with van der Waals surface area (Å²) in [5.41, 5.74) is 3.88. The number of fused-ring (bicyclic) bond motifs is 1. The molecule has 5 atom stereocenters. The van der Waals surface area contributed by atoms with Crippen LogP contribution in [0.5, 0.6) is 0 Å². The number of aliphatic hydroxyl groups excluding tert-OH is 1. The number of nitrogens with zero attached hydrogens (tertiary/aromatic N) is 3. The van der Waals surface area contributed by atoms with Crippen LogP contribution in [0.15, 0.2) is 11.1 Å². The summed E-state index contributed by atoms with van der Waals surface area (Å²) >= 11 is 0. The number of phosphoric ester groups is 1. The average molecular weight is 559 g/mol. The van der Waals surface area contributed by atoms with Crippen LogP contribution >= 0.6 is 23.5 Å². The molecule has 2 aromatic rings. The monoisotopic (exact) mass is 559 g/mol. The van der Waals surface area contributed by atoms with E-state index in [2.05, 4.69) is 28.1 Å². The predicted molar refractivity (Wildman–Crippen MR) is 104 cm³/mol. The minimum atomic E-state index is -5.90. The summed E-state index contributed by atoms with van der Waals surface area (Å²) in [7, 11) is -17.4. The third kappa shape index (κ3) is 7.42. The molecule has 23 heteroatoms. The minimum absolute atomic E-state index is 0.342. The number of imidazole rings is 1. The van der Waals surface area contributed by atoms with Gasteiger partial charge in [0.25, 0.3) is 11.4 Å². The van der Waals surface area contributed by atoms with E-state index < -0.39 is 66.4 Å². The van der Waals surface area contributed by atoms with Crippen molar-refractivity contribution in [1.29, 1.82) is 0 Å². The number of alkyl halides is 2. The lowest BCUT2D eigenvalue weighted by molar-refractivity contribution is -0.260. The first-order valence-electron chi connectivity index (χ1n) is 8.49. The van der Waals surface area contributed by atoms with Gasteiger partial charge in [0, 0.05) is 0 Å². The van der Waals surface area contributed by atoms with Gasteiger partial charge in [-0.25, -0.2) is 27.5 Å². The van der Waals surface area contributed by atoms with Gasteiger partial charge < -0.3 is 35.2 Å². The summed E-state index contributed by atoms with van der Waals surface area (Å²) in [5, 5.41) is 9.74. The van der Waals surface area contributed by atoms with Crippen LogP contribution in [0.1, 0.15) is 13.2 Å². The highest BCUT2D eigenvalue weighted by Gasteiger charge is 2.46. The number of nitrogens with two attached hydrogens (primary N) is 1. The van der Waals surface area contributed by atoms with Gasteiger partial charge in [0.15, 0.2) is 17.4 Å². The Bertz CT molecular complexity index is 1230. The molecule has 0 aliphatic carbocycles. The van der Waals surface area contributed by atoms with Gasteiger partial charge in [0.05, 0.1) is 6.33 Å². The SMILES string of the molecule is C[C@H](O)[C@@](F)(COP(=O)(O)OP(=O)(O)OP(=O)(O)O)O[C@H](CF)n1cnc2c(=O)[nH]c(N)nc21. The molecule has 0 aliphatic rings. The number of anilines is 1. The molecule has 0 amide bonds. The zero-order valence-corrected chi connectivity index (χ0v) is 19.3. The summed E-state index contributed by atoms with van der Waals surface area (Å²) in [6.07, 6.45) is -3.41. The zero-order valence-electron chi connectivity index (χ0n) is 16.7. The number of aliphatic hydroxyl groups is 1. The molecule has 0 aliphatic heterocycles. The molecule has 0 bridgehead atoms. The number of phosphoric acid groups is 3. The topological polar surface area (TPSA) is 279 Å².